The minimum atomic E-state index is -0.560. The second kappa shape index (κ2) is 11.1. The second-order valence-corrected chi connectivity index (χ2v) is 9.06. The topological polar surface area (TPSA) is 41.9 Å². The Morgan fingerprint density at radius 2 is 1.86 bits per heavy atom. The maximum Gasteiger partial charge on any atom is 0.119 e. The van der Waals surface area contributed by atoms with E-state index >= 15 is 0 Å². The van der Waals surface area contributed by atoms with Gasteiger partial charge in [0, 0.05) is 30.7 Å². The van der Waals surface area contributed by atoms with E-state index in [4.69, 9.17) is 9.47 Å². The van der Waals surface area contributed by atoms with E-state index in [1.807, 2.05) is 24.3 Å². The molecule has 0 radical (unpaired) electrons. The summed E-state index contributed by atoms with van der Waals surface area (Å²) in [6.07, 6.45) is 1.91. The van der Waals surface area contributed by atoms with Gasteiger partial charge in [-0.15, -0.1) is 0 Å². The maximum atomic E-state index is 10.6. The lowest BCUT2D eigenvalue weighted by Gasteiger charge is -2.27. The molecule has 0 spiro atoms. The molecule has 1 fully saturated rings. The molecule has 5 heteroatoms. The predicted molar refractivity (Wildman–Crippen MR) is 120 cm³/mol. The summed E-state index contributed by atoms with van der Waals surface area (Å²) in [5.74, 6) is 1.30. The molecule has 1 aliphatic rings. The quantitative estimate of drug-likeness (QED) is 0.540. The highest BCUT2D eigenvalue weighted by Gasteiger charge is 2.21. The molecule has 2 unspecified atom stereocenters. The number of ether oxygens (including phenoxy) is 2. The van der Waals surface area contributed by atoms with Crippen LogP contribution in [0.5, 0.6) is 5.75 Å². The van der Waals surface area contributed by atoms with Gasteiger partial charge in [0.1, 0.15) is 18.5 Å². The van der Waals surface area contributed by atoms with Crippen LogP contribution in [0.25, 0.3) is 0 Å². The molecule has 0 aliphatic carbocycles. The van der Waals surface area contributed by atoms with Crippen molar-refractivity contribution in [3.63, 3.8) is 0 Å². The van der Waals surface area contributed by atoms with Gasteiger partial charge in [-0.3, -0.25) is 4.90 Å². The summed E-state index contributed by atoms with van der Waals surface area (Å²) in [6.45, 7) is 7.73. The monoisotopic (exact) mass is 461 g/mol. The molecule has 3 rings (SSSR count). The number of halogens is 1. The SMILES string of the molecule is CC(C)c1ccc(CN(CC(O)COc2ccc(Br)cc2)CC2CCCO2)cc1. The highest BCUT2D eigenvalue weighted by Crippen LogP contribution is 2.19. The third kappa shape index (κ3) is 7.41. The average Bonchev–Trinajstić information content (AvgIpc) is 3.21. The summed E-state index contributed by atoms with van der Waals surface area (Å²) < 4.78 is 12.6. The smallest absolute Gasteiger partial charge is 0.119 e. The van der Waals surface area contributed by atoms with Gasteiger partial charge >= 0.3 is 0 Å². The Balaban J connectivity index is 1.57. The van der Waals surface area contributed by atoms with Crippen LogP contribution >= 0.6 is 15.9 Å². The van der Waals surface area contributed by atoms with Crippen molar-refractivity contribution >= 4 is 15.9 Å². The molecule has 1 saturated heterocycles. The highest BCUT2D eigenvalue weighted by atomic mass is 79.9. The Morgan fingerprint density at radius 3 is 2.48 bits per heavy atom. The Hall–Kier alpha value is -1.40. The van der Waals surface area contributed by atoms with Crippen LogP contribution in [0.4, 0.5) is 0 Å². The Bertz CT molecular complexity index is 727. The molecule has 2 aromatic carbocycles. The van der Waals surface area contributed by atoms with E-state index in [1.165, 1.54) is 11.1 Å². The normalized spacial score (nSPS) is 17.8. The van der Waals surface area contributed by atoms with Gasteiger partial charge in [0.15, 0.2) is 0 Å². The number of hydrogen-bond acceptors (Lipinski definition) is 4. The van der Waals surface area contributed by atoms with Gasteiger partial charge in [0.25, 0.3) is 0 Å². The van der Waals surface area contributed by atoms with E-state index in [9.17, 15) is 5.11 Å². The van der Waals surface area contributed by atoms with E-state index in [0.29, 0.717) is 12.5 Å². The van der Waals surface area contributed by atoms with Crippen LogP contribution in [0.1, 0.15) is 43.7 Å². The van der Waals surface area contributed by atoms with Crippen molar-refractivity contribution in [3.05, 3.63) is 64.1 Å². The van der Waals surface area contributed by atoms with Crippen molar-refractivity contribution in [1.82, 2.24) is 4.90 Å². The fraction of sp³-hybridized carbons (Fsp3) is 0.500. The molecule has 0 amide bonds. The molecule has 158 valence electrons. The third-order valence-corrected chi connectivity index (χ3v) is 5.79. The summed E-state index contributed by atoms with van der Waals surface area (Å²) >= 11 is 3.42. The van der Waals surface area contributed by atoms with Gasteiger partial charge in [-0.1, -0.05) is 54.0 Å². The molecule has 2 atom stereocenters. The van der Waals surface area contributed by atoms with Crippen molar-refractivity contribution in [2.75, 3.05) is 26.3 Å². The molecule has 0 saturated carbocycles. The molecule has 0 bridgehead atoms. The van der Waals surface area contributed by atoms with Crippen molar-refractivity contribution in [2.45, 2.75) is 51.4 Å². The minimum Gasteiger partial charge on any atom is -0.491 e. The standard InChI is InChI=1S/C24H32BrNO3/c1-18(2)20-7-5-19(6-8-20)14-26(16-24-4-3-13-28-24)15-22(27)17-29-23-11-9-21(25)10-12-23/h5-12,18,22,24,27H,3-4,13-17H2,1-2H3. The lowest BCUT2D eigenvalue weighted by molar-refractivity contribution is 0.0313. The number of hydrogen-bond donors (Lipinski definition) is 1. The van der Waals surface area contributed by atoms with Crippen LogP contribution in [0, 0.1) is 0 Å². The van der Waals surface area contributed by atoms with Crippen LogP contribution in [0.2, 0.25) is 0 Å². The van der Waals surface area contributed by atoms with E-state index in [1.54, 1.807) is 0 Å². The highest BCUT2D eigenvalue weighted by molar-refractivity contribution is 9.10. The van der Waals surface area contributed by atoms with Gasteiger partial charge in [-0.25, -0.2) is 0 Å². The van der Waals surface area contributed by atoms with Gasteiger partial charge in [0.05, 0.1) is 6.10 Å². The van der Waals surface area contributed by atoms with Crippen LogP contribution in [-0.4, -0.2) is 48.5 Å². The van der Waals surface area contributed by atoms with Crippen molar-refractivity contribution in [1.29, 1.82) is 0 Å². The number of aliphatic hydroxyl groups is 1. The second-order valence-electron chi connectivity index (χ2n) is 8.14. The Morgan fingerprint density at radius 1 is 1.14 bits per heavy atom. The van der Waals surface area contributed by atoms with Crippen LogP contribution < -0.4 is 4.74 Å². The molecule has 4 nitrogen and oxygen atoms in total. The van der Waals surface area contributed by atoms with Crippen molar-refractivity contribution in [3.8, 4) is 5.75 Å². The molecule has 0 aromatic heterocycles. The first-order valence-corrected chi connectivity index (χ1v) is 11.3. The fourth-order valence-corrected chi connectivity index (χ4v) is 3.88. The summed E-state index contributed by atoms with van der Waals surface area (Å²) in [6, 6.07) is 16.5. The van der Waals surface area contributed by atoms with Gasteiger partial charge < -0.3 is 14.6 Å². The maximum absolute atomic E-state index is 10.6. The fourth-order valence-electron chi connectivity index (χ4n) is 3.62. The van der Waals surface area contributed by atoms with Crippen LogP contribution in [-0.2, 0) is 11.3 Å². The average molecular weight is 462 g/mol. The summed E-state index contributed by atoms with van der Waals surface area (Å²) in [7, 11) is 0. The predicted octanol–water partition coefficient (Wildman–Crippen LogP) is 4.99. The zero-order valence-corrected chi connectivity index (χ0v) is 19.0. The lowest BCUT2D eigenvalue weighted by atomic mass is 10.0. The van der Waals surface area contributed by atoms with Crippen molar-refractivity contribution < 1.29 is 14.6 Å². The van der Waals surface area contributed by atoms with Crippen LogP contribution in [0.15, 0.2) is 53.0 Å². The van der Waals surface area contributed by atoms with Crippen molar-refractivity contribution in [2.24, 2.45) is 0 Å². The van der Waals surface area contributed by atoms with E-state index in [-0.39, 0.29) is 12.7 Å². The lowest BCUT2D eigenvalue weighted by Crippen LogP contribution is -2.39. The third-order valence-electron chi connectivity index (χ3n) is 5.26. The van der Waals surface area contributed by atoms with E-state index in [0.717, 1.165) is 42.8 Å². The zero-order chi connectivity index (χ0) is 20.6. The van der Waals surface area contributed by atoms with E-state index < -0.39 is 6.10 Å². The molecule has 1 N–H and O–H groups in total. The first-order chi connectivity index (χ1) is 14.0. The number of aliphatic hydroxyl groups excluding tert-OH is 1. The number of benzene rings is 2. The summed E-state index contributed by atoms with van der Waals surface area (Å²) in [5, 5.41) is 10.6. The number of nitrogens with zero attached hydrogens (tertiary/aromatic N) is 1. The Kier molecular flexibility index (Phi) is 8.54. The molecule has 2 aromatic rings. The van der Waals surface area contributed by atoms with Gasteiger partial charge in [-0.2, -0.15) is 0 Å². The summed E-state index contributed by atoms with van der Waals surface area (Å²) in [4.78, 5) is 2.29. The minimum absolute atomic E-state index is 0.254. The molecule has 1 aliphatic heterocycles. The molecule has 29 heavy (non-hydrogen) atoms. The molecule has 1 heterocycles. The number of rotatable bonds is 10. The largest absolute Gasteiger partial charge is 0.491 e. The summed E-state index contributed by atoms with van der Waals surface area (Å²) in [5.41, 5.74) is 2.61. The van der Waals surface area contributed by atoms with E-state index in [2.05, 4.69) is 58.9 Å². The van der Waals surface area contributed by atoms with Gasteiger partial charge in [-0.05, 0) is 54.2 Å². The van der Waals surface area contributed by atoms with Gasteiger partial charge in [0.2, 0.25) is 0 Å². The zero-order valence-electron chi connectivity index (χ0n) is 17.4. The Labute approximate surface area is 183 Å². The molecular formula is C24H32BrNO3. The first kappa shape index (κ1) is 22.3. The van der Waals surface area contributed by atoms with Crippen LogP contribution in [0.3, 0.4) is 0 Å². The molecular weight excluding hydrogens is 430 g/mol. The first-order valence-electron chi connectivity index (χ1n) is 10.5.